The Hall–Kier alpha value is -2.56. The van der Waals surface area contributed by atoms with Crippen LogP contribution in [0.25, 0.3) is 32.3 Å². The number of benzene rings is 4. The molecule has 4 aromatic rings. The second kappa shape index (κ2) is 5.02. The minimum absolute atomic E-state index is 0.466. The van der Waals surface area contributed by atoms with Crippen LogP contribution in [-0.4, -0.2) is 17.4 Å². The van der Waals surface area contributed by atoms with E-state index >= 15 is 0 Å². The van der Waals surface area contributed by atoms with Crippen molar-refractivity contribution in [2.24, 2.45) is 0 Å². The molecule has 2 N–H and O–H groups in total. The van der Waals surface area contributed by atoms with Gasteiger partial charge in [-0.05, 0) is 45.1 Å². The van der Waals surface area contributed by atoms with Crippen molar-refractivity contribution in [3.63, 3.8) is 0 Å². The fourth-order valence-corrected chi connectivity index (χ4v) is 2.98. The minimum atomic E-state index is -1.83. The molecule has 0 aliphatic carbocycles. The molecule has 0 radical (unpaired) electrons. The van der Waals surface area contributed by atoms with Crippen LogP contribution in [0.2, 0.25) is 0 Å². The van der Waals surface area contributed by atoms with E-state index < -0.39 is 7.32 Å². The summed E-state index contributed by atoms with van der Waals surface area (Å²) < 4.78 is 5.16. The zero-order valence-corrected chi connectivity index (χ0v) is 11.7. The molecule has 0 bridgehead atoms. The van der Waals surface area contributed by atoms with E-state index in [9.17, 15) is 0 Å². The van der Waals surface area contributed by atoms with Crippen molar-refractivity contribution in [3.05, 3.63) is 66.7 Å². The van der Waals surface area contributed by atoms with E-state index in [2.05, 4.69) is 30.3 Å². The third-order valence-corrected chi connectivity index (χ3v) is 3.92. The summed E-state index contributed by atoms with van der Waals surface area (Å²) in [6.07, 6.45) is 0. The minimum Gasteiger partial charge on any atom is -0.511 e. The molecule has 0 aliphatic heterocycles. The van der Waals surface area contributed by atoms with E-state index in [1.165, 1.54) is 5.39 Å². The predicted octanol–water partition coefficient (Wildman–Crippen LogP) is 3.49. The Morgan fingerprint density at radius 3 is 2.14 bits per heavy atom. The average Bonchev–Trinajstić information content (AvgIpc) is 2.52. The molecule has 4 aromatic carbocycles. The van der Waals surface area contributed by atoms with Crippen LogP contribution >= 0.6 is 0 Å². The highest BCUT2D eigenvalue weighted by Gasteiger charge is 2.15. The van der Waals surface area contributed by atoms with E-state index in [4.69, 9.17) is 14.7 Å². The molecule has 0 fully saturated rings. The fraction of sp³-hybridized carbons (Fsp3) is 0. The third kappa shape index (κ3) is 2.10. The molecule has 0 spiro atoms. The van der Waals surface area contributed by atoms with Crippen molar-refractivity contribution in [2.45, 2.75) is 0 Å². The smallest absolute Gasteiger partial charge is 0.511 e. The summed E-state index contributed by atoms with van der Waals surface area (Å²) in [4.78, 5) is 0. The van der Waals surface area contributed by atoms with Crippen molar-refractivity contribution in [3.8, 4) is 5.75 Å². The first-order valence-electron chi connectivity index (χ1n) is 7.09. The Kier molecular flexibility index (Phi) is 3.00. The number of hydrogen-bond donors (Lipinski definition) is 2. The lowest BCUT2D eigenvalue weighted by Crippen LogP contribution is -2.20. The molecule has 4 heteroatoms. The van der Waals surface area contributed by atoms with Gasteiger partial charge in [0, 0.05) is 5.39 Å². The molecule has 0 amide bonds. The molecule has 0 unspecified atom stereocenters. The van der Waals surface area contributed by atoms with E-state index in [-0.39, 0.29) is 0 Å². The van der Waals surface area contributed by atoms with Gasteiger partial charge >= 0.3 is 7.32 Å². The Bertz CT molecular complexity index is 995. The van der Waals surface area contributed by atoms with E-state index in [0.29, 0.717) is 5.75 Å². The molecule has 0 saturated heterocycles. The van der Waals surface area contributed by atoms with Gasteiger partial charge in [-0.2, -0.15) is 0 Å². The van der Waals surface area contributed by atoms with Gasteiger partial charge in [0.05, 0.1) is 0 Å². The van der Waals surface area contributed by atoms with Crippen LogP contribution in [0, 0.1) is 0 Å². The van der Waals surface area contributed by atoms with Crippen molar-refractivity contribution in [1.82, 2.24) is 0 Å². The first-order chi connectivity index (χ1) is 10.7. The molecular weight excluding hydrogens is 275 g/mol. The van der Waals surface area contributed by atoms with Crippen LogP contribution in [0.1, 0.15) is 0 Å². The summed E-state index contributed by atoms with van der Waals surface area (Å²) >= 11 is 0. The monoisotopic (exact) mass is 288 g/mol. The topological polar surface area (TPSA) is 49.7 Å². The highest BCUT2D eigenvalue weighted by molar-refractivity contribution is 6.34. The largest absolute Gasteiger partial charge is 0.707 e. The molecule has 0 heterocycles. The SMILES string of the molecule is OB(O)Oc1cccc2ccc3cc4ccccc4cc3c12. The van der Waals surface area contributed by atoms with Crippen LogP contribution in [-0.2, 0) is 0 Å². The predicted molar refractivity (Wildman–Crippen MR) is 89.8 cm³/mol. The summed E-state index contributed by atoms with van der Waals surface area (Å²) in [5, 5.41) is 24.6. The highest BCUT2D eigenvalue weighted by atomic mass is 16.6. The first-order valence-corrected chi connectivity index (χ1v) is 7.09. The maximum Gasteiger partial charge on any atom is 0.707 e. The highest BCUT2D eigenvalue weighted by Crippen LogP contribution is 2.35. The summed E-state index contributed by atoms with van der Waals surface area (Å²) in [5.74, 6) is 0.466. The van der Waals surface area contributed by atoms with Crippen molar-refractivity contribution >= 4 is 39.6 Å². The summed E-state index contributed by atoms with van der Waals surface area (Å²) in [5.41, 5.74) is 0. The summed E-state index contributed by atoms with van der Waals surface area (Å²) in [6, 6.07) is 22.1. The maximum atomic E-state index is 9.14. The van der Waals surface area contributed by atoms with Crippen molar-refractivity contribution in [1.29, 1.82) is 0 Å². The van der Waals surface area contributed by atoms with E-state index in [0.717, 1.165) is 26.9 Å². The van der Waals surface area contributed by atoms with Crippen molar-refractivity contribution in [2.75, 3.05) is 0 Å². The van der Waals surface area contributed by atoms with Crippen LogP contribution in [0.3, 0.4) is 0 Å². The van der Waals surface area contributed by atoms with Gasteiger partial charge in [-0.1, -0.05) is 48.5 Å². The maximum absolute atomic E-state index is 9.14. The molecule has 3 nitrogen and oxygen atoms in total. The number of hydrogen-bond acceptors (Lipinski definition) is 3. The summed E-state index contributed by atoms with van der Waals surface area (Å²) in [6.45, 7) is 0. The molecule has 106 valence electrons. The van der Waals surface area contributed by atoms with Gasteiger partial charge < -0.3 is 14.7 Å². The van der Waals surface area contributed by atoms with Gasteiger partial charge in [0.2, 0.25) is 0 Å². The van der Waals surface area contributed by atoms with Gasteiger partial charge in [-0.15, -0.1) is 0 Å². The standard InChI is InChI=1S/C18H13BO3/c20-19(21)22-17-7-3-6-12-8-9-15-10-13-4-1-2-5-14(13)11-16(15)18(12)17/h1-11,20-21H. The lowest BCUT2D eigenvalue weighted by atomic mass is 9.97. The Balaban J connectivity index is 2.14. The van der Waals surface area contributed by atoms with Crippen LogP contribution in [0.5, 0.6) is 5.75 Å². The first kappa shape index (κ1) is 13.1. The molecule has 0 atom stereocenters. The van der Waals surface area contributed by atoms with Crippen molar-refractivity contribution < 1.29 is 14.7 Å². The molecule has 4 rings (SSSR count). The normalized spacial score (nSPS) is 11.2. The fourth-order valence-electron chi connectivity index (χ4n) is 2.98. The molecule has 0 aliphatic rings. The lowest BCUT2D eigenvalue weighted by molar-refractivity contribution is 0.289. The van der Waals surface area contributed by atoms with E-state index in [1.54, 1.807) is 6.07 Å². The Morgan fingerprint density at radius 1 is 0.682 bits per heavy atom. The summed E-state index contributed by atoms with van der Waals surface area (Å²) in [7, 11) is -1.83. The molecular formula is C18H13BO3. The number of fused-ring (bicyclic) bond motifs is 4. The zero-order chi connectivity index (χ0) is 15.1. The van der Waals surface area contributed by atoms with Gasteiger partial charge in [0.1, 0.15) is 5.75 Å². The van der Waals surface area contributed by atoms with Gasteiger partial charge in [-0.3, -0.25) is 0 Å². The number of rotatable bonds is 2. The van der Waals surface area contributed by atoms with Crippen LogP contribution < -0.4 is 4.65 Å². The third-order valence-electron chi connectivity index (χ3n) is 3.92. The zero-order valence-electron chi connectivity index (χ0n) is 11.7. The molecule has 0 saturated carbocycles. The second-order valence-corrected chi connectivity index (χ2v) is 5.28. The van der Waals surface area contributed by atoms with Crippen LogP contribution in [0.4, 0.5) is 0 Å². The molecule has 0 aromatic heterocycles. The Labute approximate surface area is 127 Å². The van der Waals surface area contributed by atoms with Gasteiger partial charge in [0.25, 0.3) is 0 Å². The Morgan fingerprint density at radius 2 is 1.36 bits per heavy atom. The van der Waals surface area contributed by atoms with Gasteiger partial charge in [0.15, 0.2) is 0 Å². The van der Waals surface area contributed by atoms with Gasteiger partial charge in [-0.25, -0.2) is 0 Å². The average molecular weight is 288 g/mol. The lowest BCUT2D eigenvalue weighted by Gasteiger charge is -2.12. The molecule has 22 heavy (non-hydrogen) atoms. The van der Waals surface area contributed by atoms with Crippen LogP contribution in [0.15, 0.2) is 66.7 Å². The quantitative estimate of drug-likeness (QED) is 0.337. The van der Waals surface area contributed by atoms with E-state index in [1.807, 2.05) is 30.3 Å². The second-order valence-electron chi connectivity index (χ2n) is 5.28.